The number of Topliss-reactive ketones (excluding diaryl/α,β-unsaturated/α-hetero) is 1. The maximum atomic E-state index is 11.2. The molecule has 0 unspecified atom stereocenters. The molecule has 0 N–H and O–H groups in total. The highest BCUT2D eigenvalue weighted by molar-refractivity contribution is 5.78. The van der Waals surface area contributed by atoms with Gasteiger partial charge in [0.1, 0.15) is 5.78 Å². The first-order chi connectivity index (χ1) is 10.8. The normalized spacial score (nSPS) is 11.0. The standard InChI is InChI=1S/C20H39O2/c1-2-3-4-5-6-7-8-9-10-11-12-13-14-15-16-17-20(22)18-19-21/h2-19H2,1H3. The Morgan fingerprint density at radius 3 is 1.27 bits per heavy atom. The first-order valence-electron chi connectivity index (χ1n) is 9.91. The van der Waals surface area contributed by atoms with E-state index in [1.807, 2.05) is 0 Å². The molecule has 0 aromatic carbocycles. The van der Waals surface area contributed by atoms with Crippen molar-refractivity contribution in [2.45, 2.75) is 116 Å². The van der Waals surface area contributed by atoms with Crippen LogP contribution < -0.4 is 0 Å². The number of carbonyl (C=O) groups is 1. The van der Waals surface area contributed by atoms with Gasteiger partial charge in [0.2, 0.25) is 0 Å². The minimum atomic E-state index is -0.239. The van der Waals surface area contributed by atoms with Gasteiger partial charge in [-0.1, -0.05) is 96.8 Å². The van der Waals surface area contributed by atoms with Gasteiger partial charge in [0, 0.05) is 12.8 Å². The van der Waals surface area contributed by atoms with Gasteiger partial charge in [-0.25, -0.2) is 5.11 Å². The van der Waals surface area contributed by atoms with E-state index in [9.17, 15) is 9.90 Å². The minimum Gasteiger partial charge on any atom is -0.300 e. The van der Waals surface area contributed by atoms with Crippen LogP contribution in [-0.4, -0.2) is 12.4 Å². The van der Waals surface area contributed by atoms with E-state index in [2.05, 4.69) is 6.92 Å². The number of hydrogen-bond acceptors (Lipinski definition) is 1. The average molecular weight is 312 g/mol. The highest BCUT2D eigenvalue weighted by Crippen LogP contribution is 2.13. The zero-order valence-electron chi connectivity index (χ0n) is 15.0. The van der Waals surface area contributed by atoms with Crippen LogP contribution in [0.5, 0.6) is 0 Å². The molecule has 131 valence electrons. The van der Waals surface area contributed by atoms with Gasteiger partial charge in [0.15, 0.2) is 0 Å². The van der Waals surface area contributed by atoms with Gasteiger partial charge in [0.25, 0.3) is 0 Å². The molecule has 0 bridgehead atoms. The van der Waals surface area contributed by atoms with Gasteiger partial charge in [-0.3, -0.25) is 4.79 Å². The van der Waals surface area contributed by atoms with E-state index in [0.29, 0.717) is 6.42 Å². The summed E-state index contributed by atoms with van der Waals surface area (Å²) in [6, 6.07) is 0. The second-order valence-corrected chi connectivity index (χ2v) is 6.69. The summed E-state index contributed by atoms with van der Waals surface area (Å²) in [7, 11) is 0. The van der Waals surface area contributed by atoms with Gasteiger partial charge in [0.05, 0.1) is 6.61 Å². The Morgan fingerprint density at radius 2 is 0.909 bits per heavy atom. The van der Waals surface area contributed by atoms with Crippen LogP contribution >= 0.6 is 0 Å². The lowest BCUT2D eigenvalue weighted by Gasteiger charge is -2.03. The zero-order chi connectivity index (χ0) is 16.3. The molecule has 0 fully saturated rings. The summed E-state index contributed by atoms with van der Waals surface area (Å²) in [6.07, 6.45) is 21.0. The van der Waals surface area contributed by atoms with E-state index in [1.165, 1.54) is 83.5 Å². The predicted molar refractivity (Wildman–Crippen MR) is 94.7 cm³/mol. The zero-order valence-corrected chi connectivity index (χ0v) is 15.0. The fourth-order valence-corrected chi connectivity index (χ4v) is 2.93. The van der Waals surface area contributed by atoms with Crippen molar-refractivity contribution in [3.63, 3.8) is 0 Å². The summed E-state index contributed by atoms with van der Waals surface area (Å²) >= 11 is 0. The third-order valence-electron chi connectivity index (χ3n) is 4.44. The fourth-order valence-electron chi connectivity index (χ4n) is 2.93. The van der Waals surface area contributed by atoms with Crippen LogP contribution in [0.2, 0.25) is 0 Å². The Bertz CT molecular complexity index is 226. The molecular weight excluding hydrogens is 272 g/mol. The molecule has 0 rings (SSSR count). The Hall–Kier alpha value is -0.370. The van der Waals surface area contributed by atoms with Crippen molar-refractivity contribution in [2.75, 3.05) is 6.61 Å². The summed E-state index contributed by atoms with van der Waals surface area (Å²) in [5, 5.41) is 10.3. The molecule has 0 saturated heterocycles. The molecule has 0 spiro atoms. The molecule has 2 nitrogen and oxygen atoms in total. The molecule has 0 amide bonds. The Labute approximate surface area is 139 Å². The third-order valence-corrected chi connectivity index (χ3v) is 4.44. The van der Waals surface area contributed by atoms with E-state index in [4.69, 9.17) is 0 Å². The van der Waals surface area contributed by atoms with E-state index in [-0.39, 0.29) is 18.8 Å². The van der Waals surface area contributed by atoms with Gasteiger partial charge in [-0.15, -0.1) is 0 Å². The molecule has 0 aliphatic heterocycles. The van der Waals surface area contributed by atoms with Crippen molar-refractivity contribution in [3.8, 4) is 0 Å². The highest BCUT2D eigenvalue weighted by Gasteiger charge is 2.00. The monoisotopic (exact) mass is 311 g/mol. The number of hydrogen-bond donors (Lipinski definition) is 0. The molecule has 0 aliphatic carbocycles. The molecule has 1 radical (unpaired) electrons. The Kier molecular flexibility index (Phi) is 18.4. The van der Waals surface area contributed by atoms with Crippen molar-refractivity contribution >= 4 is 5.78 Å². The summed E-state index contributed by atoms with van der Waals surface area (Å²) in [4.78, 5) is 11.2. The molecule has 0 saturated carbocycles. The molecular formula is C20H39O2. The molecule has 2 heteroatoms. The number of carbonyl (C=O) groups excluding carboxylic acids is 1. The topological polar surface area (TPSA) is 37.0 Å². The second-order valence-electron chi connectivity index (χ2n) is 6.69. The molecule has 0 aliphatic rings. The Morgan fingerprint density at radius 1 is 0.545 bits per heavy atom. The third kappa shape index (κ3) is 17.7. The van der Waals surface area contributed by atoms with Gasteiger partial charge in [-0.05, 0) is 6.42 Å². The SMILES string of the molecule is CCCCCCCCCCCCCCCCCC(=O)CC[O]. The highest BCUT2D eigenvalue weighted by atomic mass is 16.3. The number of rotatable bonds is 18. The van der Waals surface area contributed by atoms with Crippen LogP contribution in [0.15, 0.2) is 0 Å². The van der Waals surface area contributed by atoms with Crippen molar-refractivity contribution in [2.24, 2.45) is 0 Å². The van der Waals surface area contributed by atoms with Crippen molar-refractivity contribution in [1.29, 1.82) is 0 Å². The minimum absolute atomic E-state index is 0.157. The lowest BCUT2D eigenvalue weighted by Crippen LogP contribution is -1.99. The van der Waals surface area contributed by atoms with E-state index >= 15 is 0 Å². The number of ketones is 1. The van der Waals surface area contributed by atoms with Crippen LogP contribution in [0.4, 0.5) is 0 Å². The summed E-state index contributed by atoms with van der Waals surface area (Å²) < 4.78 is 0. The Balaban J connectivity index is 3.01. The molecule has 22 heavy (non-hydrogen) atoms. The van der Waals surface area contributed by atoms with Crippen LogP contribution in [0.25, 0.3) is 0 Å². The maximum absolute atomic E-state index is 11.2. The van der Waals surface area contributed by atoms with Crippen molar-refractivity contribution < 1.29 is 9.90 Å². The van der Waals surface area contributed by atoms with Crippen LogP contribution in [0.3, 0.4) is 0 Å². The lowest BCUT2D eigenvalue weighted by molar-refractivity contribution is -0.120. The van der Waals surface area contributed by atoms with Gasteiger partial charge >= 0.3 is 0 Å². The van der Waals surface area contributed by atoms with Crippen LogP contribution in [0, 0.1) is 0 Å². The smallest absolute Gasteiger partial charge is 0.135 e. The first kappa shape index (κ1) is 21.6. The quantitative estimate of drug-likeness (QED) is 0.261. The van der Waals surface area contributed by atoms with E-state index in [1.54, 1.807) is 0 Å². The first-order valence-corrected chi connectivity index (χ1v) is 9.91. The lowest BCUT2D eigenvalue weighted by atomic mass is 10.0. The number of unbranched alkanes of at least 4 members (excludes halogenated alkanes) is 14. The molecule has 0 aromatic heterocycles. The van der Waals surface area contributed by atoms with E-state index in [0.717, 1.165) is 12.8 Å². The largest absolute Gasteiger partial charge is 0.300 e. The summed E-state index contributed by atoms with van der Waals surface area (Å²) in [5.41, 5.74) is 0. The molecule has 0 atom stereocenters. The van der Waals surface area contributed by atoms with Crippen LogP contribution in [0.1, 0.15) is 116 Å². The van der Waals surface area contributed by atoms with Crippen molar-refractivity contribution in [1.82, 2.24) is 0 Å². The second kappa shape index (κ2) is 18.7. The van der Waals surface area contributed by atoms with Gasteiger partial charge < -0.3 is 0 Å². The average Bonchev–Trinajstić information content (AvgIpc) is 2.51. The van der Waals surface area contributed by atoms with Gasteiger partial charge in [-0.2, -0.15) is 0 Å². The maximum Gasteiger partial charge on any atom is 0.135 e. The van der Waals surface area contributed by atoms with Crippen LogP contribution in [-0.2, 0) is 9.90 Å². The molecule has 0 aromatic rings. The van der Waals surface area contributed by atoms with E-state index < -0.39 is 0 Å². The summed E-state index contributed by atoms with van der Waals surface area (Å²) in [5.74, 6) is 0.157. The van der Waals surface area contributed by atoms with Crippen molar-refractivity contribution in [3.05, 3.63) is 0 Å². The summed E-state index contributed by atoms with van der Waals surface area (Å²) in [6.45, 7) is 2.03. The predicted octanol–water partition coefficient (Wildman–Crippen LogP) is 6.64. The fraction of sp³-hybridized carbons (Fsp3) is 0.950. The molecule has 0 heterocycles.